The first-order valence-electron chi connectivity index (χ1n) is 4.61. The Morgan fingerprint density at radius 3 is 2.33 bits per heavy atom. The number of benzene rings is 1. The van der Waals surface area contributed by atoms with Crippen molar-refractivity contribution in [2.24, 2.45) is 5.92 Å². The molecule has 2 rings (SSSR count). The Balaban J connectivity index is 2.08. The Hall–Kier alpha value is -0.820. The molecule has 1 fully saturated rings. The summed E-state index contributed by atoms with van der Waals surface area (Å²) in [6, 6.07) is 9.96. The predicted molar refractivity (Wildman–Crippen MR) is 48.7 cm³/mol. The molecule has 12 heavy (non-hydrogen) atoms. The topological polar surface area (TPSA) is 20.2 Å². The molecule has 0 aromatic heterocycles. The largest absolute Gasteiger partial charge is 0.388 e. The second kappa shape index (κ2) is 3.28. The standard InChI is InChI=1S/C11H14O/c12-11(10-7-4-8-10)9-5-2-1-3-6-9/h1-3,5-6,10-12H,4,7-8H2/t11-/m0/s1. The van der Waals surface area contributed by atoms with E-state index in [9.17, 15) is 5.11 Å². The summed E-state index contributed by atoms with van der Waals surface area (Å²) in [5, 5.41) is 9.84. The van der Waals surface area contributed by atoms with Crippen LogP contribution >= 0.6 is 0 Å². The Labute approximate surface area is 73.0 Å². The number of aliphatic hydroxyl groups excluding tert-OH is 1. The molecule has 1 saturated carbocycles. The summed E-state index contributed by atoms with van der Waals surface area (Å²) in [4.78, 5) is 0. The smallest absolute Gasteiger partial charge is 0.0818 e. The molecule has 0 bridgehead atoms. The lowest BCUT2D eigenvalue weighted by molar-refractivity contribution is 0.0621. The van der Waals surface area contributed by atoms with Gasteiger partial charge in [0.25, 0.3) is 0 Å². The van der Waals surface area contributed by atoms with E-state index in [4.69, 9.17) is 0 Å². The maximum absolute atomic E-state index is 9.84. The van der Waals surface area contributed by atoms with Crippen LogP contribution in [0.4, 0.5) is 0 Å². The van der Waals surface area contributed by atoms with E-state index in [1.807, 2.05) is 30.3 Å². The molecule has 1 heteroatoms. The zero-order valence-corrected chi connectivity index (χ0v) is 7.11. The van der Waals surface area contributed by atoms with Crippen LogP contribution in [0, 0.1) is 5.92 Å². The van der Waals surface area contributed by atoms with Crippen molar-refractivity contribution in [1.29, 1.82) is 0 Å². The average molecular weight is 162 g/mol. The fourth-order valence-corrected chi connectivity index (χ4v) is 1.68. The molecule has 1 atom stereocenters. The summed E-state index contributed by atoms with van der Waals surface area (Å²) in [5.41, 5.74) is 1.07. The molecule has 1 N–H and O–H groups in total. The molecular formula is C11H14O. The molecule has 0 radical (unpaired) electrons. The second-order valence-corrected chi connectivity index (χ2v) is 3.55. The van der Waals surface area contributed by atoms with Crippen molar-refractivity contribution < 1.29 is 5.11 Å². The number of hydrogen-bond acceptors (Lipinski definition) is 1. The lowest BCUT2D eigenvalue weighted by atomic mass is 9.79. The van der Waals surface area contributed by atoms with E-state index in [1.165, 1.54) is 19.3 Å². The van der Waals surface area contributed by atoms with E-state index in [-0.39, 0.29) is 6.10 Å². The molecule has 0 amide bonds. The number of hydrogen-bond donors (Lipinski definition) is 1. The van der Waals surface area contributed by atoms with Crippen LogP contribution in [-0.4, -0.2) is 5.11 Å². The van der Waals surface area contributed by atoms with Crippen LogP contribution in [0.25, 0.3) is 0 Å². The SMILES string of the molecule is O[C@@H](c1ccccc1)C1CCC1. The second-order valence-electron chi connectivity index (χ2n) is 3.55. The normalized spacial score (nSPS) is 20.1. The zero-order valence-electron chi connectivity index (χ0n) is 7.11. The third kappa shape index (κ3) is 1.37. The molecule has 0 aliphatic heterocycles. The van der Waals surface area contributed by atoms with Crippen LogP contribution in [0.5, 0.6) is 0 Å². The van der Waals surface area contributed by atoms with Gasteiger partial charge >= 0.3 is 0 Å². The van der Waals surface area contributed by atoms with Crippen LogP contribution in [0.2, 0.25) is 0 Å². The van der Waals surface area contributed by atoms with E-state index in [0.717, 1.165) is 5.56 Å². The van der Waals surface area contributed by atoms with Gasteiger partial charge in [-0.2, -0.15) is 0 Å². The summed E-state index contributed by atoms with van der Waals surface area (Å²) >= 11 is 0. The molecule has 1 aliphatic rings. The van der Waals surface area contributed by atoms with Crippen LogP contribution in [0.3, 0.4) is 0 Å². The number of rotatable bonds is 2. The van der Waals surface area contributed by atoms with Gasteiger partial charge in [0.2, 0.25) is 0 Å². The molecule has 1 aromatic carbocycles. The fraction of sp³-hybridized carbons (Fsp3) is 0.455. The Bertz CT molecular complexity index is 238. The van der Waals surface area contributed by atoms with E-state index in [1.54, 1.807) is 0 Å². The van der Waals surface area contributed by atoms with E-state index < -0.39 is 0 Å². The third-order valence-electron chi connectivity index (χ3n) is 2.74. The highest BCUT2D eigenvalue weighted by atomic mass is 16.3. The van der Waals surface area contributed by atoms with Crippen molar-refractivity contribution >= 4 is 0 Å². The lowest BCUT2D eigenvalue weighted by Crippen LogP contribution is -2.19. The molecule has 1 nitrogen and oxygen atoms in total. The highest BCUT2D eigenvalue weighted by Gasteiger charge is 2.26. The summed E-state index contributed by atoms with van der Waals surface area (Å²) in [5.74, 6) is 0.521. The van der Waals surface area contributed by atoms with E-state index in [2.05, 4.69) is 0 Å². The molecule has 0 spiro atoms. The maximum Gasteiger partial charge on any atom is 0.0818 e. The van der Waals surface area contributed by atoms with Gasteiger partial charge in [-0.05, 0) is 24.3 Å². The van der Waals surface area contributed by atoms with Crippen LogP contribution in [-0.2, 0) is 0 Å². The van der Waals surface area contributed by atoms with Gasteiger partial charge in [0.15, 0.2) is 0 Å². The Morgan fingerprint density at radius 1 is 1.17 bits per heavy atom. The molecule has 0 unspecified atom stereocenters. The molecule has 1 aromatic rings. The monoisotopic (exact) mass is 162 g/mol. The first kappa shape index (κ1) is 7.81. The summed E-state index contributed by atoms with van der Waals surface area (Å²) in [7, 11) is 0. The first-order chi connectivity index (χ1) is 5.88. The number of aliphatic hydroxyl groups is 1. The van der Waals surface area contributed by atoms with Crippen LogP contribution < -0.4 is 0 Å². The average Bonchev–Trinajstić information content (AvgIpc) is 2.03. The van der Waals surface area contributed by atoms with Crippen LogP contribution in [0.15, 0.2) is 30.3 Å². The fourth-order valence-electron chi connectivity index (χ4n) is 1.68. The maximum atomic E-state index is 9.84. The third-order valence-corrected chi connectivity index (χ3v) is 2.74. The van der Waals surface area contributed by atoms with E-state index >= 15 is 0 Å². The molecule has 64 valence electrons. The van der Waals surface area contributed by atoms with Crippen molar-refractivity contribution in [3.63, 3.8) is 0 Å². The molecule has 0 heterocycles. The van der Waals surface area contributed by atoms with Gasteiger partial charge in [0.1, 0.15) is 0 Å². The van der Waals surface area contributed by atoms with Crippen LogP contribution in [0.1, 0.15) is 30.9 Å². The van der Waals surface area contributed by atoms with Gasteiger partial charge < -0.3 is 5.11 Å². The summed E-state index contributed by atoms with van der Waals surface area (Å²) in [6.45, 7) is 0. The van der Waals surface area contributed by atoms with Gasteiger partial charge in [-0.25, -0.2) is 0 Å². The van der Waals surface area contributed by atoms with Gasteiger partial charge in [-0.1, -0.05) is 36.8 Å². The Kier molecular flexibility index (Phi) is 2.13. The molecular weight excluding hydrogens is 148 g/mol. The van der Waals surface area contributed by atoms with Crippen molar-refractivity contribution in [2.45, 2.75) is 25.4 Å². The van der Waals surface area contributed by atoms with Gasteiger partial charge in [-0.3, -0.25) is 0 Å². The molecule has 1 aliphatic carbocycles. The van der Waals surface area contributed by atoms with Crippen molar-refractivity contribution in [3.05, 3.63) is 35.9 Å². The van der Waals surface area contributed by atoms with Crippen molar-refractivity contribution in [3.8, 4) is 0 Å². The van der Waals surface area contributed by atoms with Gasteiger partial charge in [0.05, 0.1) is 6.10 Å². The lowest BCUT2D eigenvalue weighted by Gasteiger charge is -2.30. The van der Waals surface area contributed by atoms with E-state index in [0.29, 0.717) is 5.92 Å². The molecule has 0 saturated heterocycles. The minimum Gasteiger partial charge on any atom is -0.388 e. The summed E-state index contributed by atoms with van der Waals surface area (Å²) < 4.78 is 0. The quantitative estimate of drug-likeness (QED) is 0.708. The zero-order chi connectivity index (χ0) is 8.39. The minimum atomic E-state index is -0.222. The minimum absolute atomic E-state index is 0.222. The summed E-state index contributed by atoms with van der Waals surface area (Å²) in [6.07, 6.45) is 3.45. The first-order valence-corrected chi connectivity index (χ1v) is 4.61. The predicted octanol–water partition coefficient (Wildman–Crippen LogP) is 2.52. The van der Waals surface area contributed by atoms with Gasteiger partial charge in [0, 0.05) is 0 Å². The van der Waals surface area contributed by atoms with Crippen molar-refractivity contribution in [2.75, 3.05) is 0 Å². The highest BCUT2D eigenvalue weighted by Crippen LogP contribution is 2.37. The highest BCUT2D eigenvalue weighted by molar-refractivity contribution is 5.18. The van der Waals surface area contributed by atoms with Gasteiger partial charge in [-0.15, -0.1) is 0 Å². The Morgan fingerprint density at radius 2 is 1.83 bits per heavy atom. The van der Waals surface area contributed by atoms with Crippen molar-refractivity contribution in [1.82, 2.24) is 0 Å².